The standard InChI is InChI=1S/C20H28ClN5O2S/c21-20-22-15-14-16(29-17(15)18(23-20)24-6-10-27-11-7-24)19(25-4-2-1-3-5-25)26-8-12-28-13-9-26/h14,19H,1-13H2. The van der Waals surface area contributed by atoms with Crippen molar-refractivity contribution in [2.45, 2.75) is 25.4 Å². The lowest BCUT2D eigenvalue weighted by atomic mass is 10.1. The van der Waals surface area contributed by atoms with E-state index < -0.39 is 0 Å². The van der Waals surface area contributed by atoms with Crippen molar-refractivity contribution in [1.29, 1.82) is 0 Å². The van der Waals surface area contributed by atoms with Gasteiger partial charge in [-0.05, 0) is 43.6 Å². The molecule has 2 aromatic rings. The van der Waals surface area contributed by atoms with Gasteiger partial charge in [0.05, 0.1) is 42.8 Å². The SMILES string of the molecule is Clc1nc(N2CCOCC2)c2sc(C(N3CCCCC3)N3CCOCC3)cc2n1. The van der Waals surface area contributed by atoms with Gasteiger partial charge in [-0.2, -0.15) is 4.98 Å². The van der Waals surface area contributed by atoms with Crippen LogP contribution in [0, 0.1) is 0 Å². The number of morpholine rings is 2. The van der Waals surface area contributed by atoms with E-state index in [9.17, 15) is 0 Å². The number of rotatable bonds is 4. The molecule has 2 aromatic heterocycles. The van der Waals surface area contributed by atoms with Crippen molar-refractivity contribution in [2.24, 2.45) is 0 Å². The highest BCUT2D eigenvalue weighted by atomic mass is 35.5. The van der Waals surface area contributed by atoms with Crippen LogP contribution >= 0.6 is 22.9 Å². The van der Waals surface area contributed by atoms with Crippen molar-refractivity contribution in [3.63, 3.8) is 0 Å². The molecule has 3 fully saturated rings. The fourth-order valence-corrected chi connectivity index (χ4v) is 6.05. The zero-order valence-corrected chi connectivity index (χ0v) is 18.3. The van der Waals surface area contributed by atoms with E-state index in [2.05, 4.69) is 30.7 Å². The number of thiophene rings is 1. The summed E-state index contributed by atoms with van der Waals surface area (Å²) in [5.74, 6) is 0.957. The van der Waals surface area contributed by atoms with E-state index in [1.54, 1.807) is 0 Å². The Kier molecular flexibility index (Phi) is 6.17. The lowest BCUT2D eigenvalue weighted by molar-refractivity contribution is -0.0390. The minimum Gasteiger partial charge on any atom is -0.379 e. The Hall–Kier alpha value is -1.03. The first-order valence-electron chi connectivity index (χ1n) is 10.6. The van der Waals surface area contributed by atoms with Crippen molar-refractivity contribution in [2.75, 3.05) is 70.6 Å². The number of aromatic nitrogens is 2. The maximum Gasteiger partial charge on any atom is 0.224 e. The highest BCUT2D eigenvalue weighted by molar-refractivity contribution is 7.19. The van der Waals surface area contributed by atoms with Crippen LogP contribution in [0.5, 0.6) is 0 Å². The van der Waals surface area contributed by atoms with Crippen molar-refractivity contribution in [3.05, 3.63) is 16.2 Å². The third kappa shape index (κ3) is 4.24. The highest BCUT2D eigenvalue weighted by Crippen LogP contribution is 2.39. The number of nitrogens with zero attached hydrogens (tertiary/aromatic N) is 5. The second kappa shape index (κ2) is 8.99. The molecule has 0 amide bonds. The van der Waals surface area contributed by atoms with Crippen LogP contribution in [0.4, 0.5) is 5.82 Å². The second-order valence-electron chi connectivity index (χ2n) is 7.90. The first kappa shape index (κ1) is 19.9. The van der Waals surface area contributed by atoms with Gasteiger partial charge >= 0.3 is 0 Å². The third-order valence-electron chi connectivity index (χ3n) is 6.04. The first-order valence-corrected chi connectivity index (χ1v) is 11.8. The fourth-order valence-electron chi connectivity index (χ4n) is 4.60. The van der Waals surface area contributed by atoms with Crippen LogP contribution in [0.3, 0.4) is 0 Å². The average Bonchev–Trinajstić information content (AvgIpc) is 3.18. The summed E-state index contributed by atoms with van der Waals surface area (Å²) < 4.78 is 12.3. The van der Waals surface area contributed by atoms with Crippen molar-refractivity contribution < 1.29 is 9.47 Å². The molecular formula is C20H28ClN5O2S. The van der Waals surface area contributed by atoms with Crippen molar-refractivity contribution in [3.8, 4) is 0 Å². The van der Waals surface area contributed by atoms with E-state index in [1.807, 2.05) is 11.3 Å². The van der Waals surface area contributed by atoms with Gasteiger partial charge in [-0.15, -0.1) is 11.3 Å². The van der Waals surface area contributed by atoms with Crippen LogP contribution in [0.25, 0.3) is 10.2 Å². The molecule has 1 unspecified atom stereocenters. The van der Waals surface area contributed by atoms with Crippen molar-refractivity contribution >= 4 is 39.0 Å². The van der Waals surface area contributed by atoms with E-state index in [0.29, 0.717) is 5.28 Å². The largest absolute Gasteiger partial charge is 0.379 e. The summed E-state index contributed by atoms with van der Waals surface area (Å²) in [6.45, 7) is 8.99. The molecule has 3 saturated heterocycles. The van der Waals surface area contributed by atoms with Gasteiger partial charge in [-0.1, -0.05) is 6.42 Å². The molecule has 0 bridgehead atoms. The Morgan fingerprint density at radius 2 is 1.52 bits per heavy atom. The van der Waals surface area contributed by atoms with Crippen LogP contribution in [-0.2, 0) is 9.47 Å². The minimum absolute atomic E-state index is 0.287. The smallest absolute Gasteiger partial charge is 0.224 e. The van der Waals surface area contributed by atoms with Crippen LogP contribution in [-0.4, -0.2) is 85.5 Å². The number of anilines is 1. The zero-order chi connectivity index (χ0) is 19.6. The van der Waals surface area contributed by atoms with Gasteiger partial charge in [0, 0.05) is 31.1 Å². The maximum absolute atomic E-state index is 6.32. The predicted molar refractivity (Wildman–Crippen MR) is 116 cm³/mol. The number of likely N-dealkylation sites (tertiary alicyclic amines) is 1. The highest BCUT2D eigenvalue weighted by Gasteiger charge is 2.31. The molecule has 0 radical (unpaired) electrons. The van der Waals surface area contributed by atoms with Crippen LogP contribution in [0.2, 0.25) is 5.28 Å². The quantitative estimate of drug-likeness (QED) is 0.681. The molecule has 0 N–H and O–H groups in total. The summed E-state index contributed by atoms with van der Waals surface area (Å²) >= 11 is 8.15. The second-order valence-corrected chi connectivity index (χ2v) is 9.32. The van der Waals surface area contributed by atoms with E-state index >= 15 is 0 Å². The number of hydrogen-bond acceptors (Lipinski definition) is 8. The number of fused-ring (bicyclic) bond motifs is 1. The monoisotopic (exact) mass is 437 g/mol. The molecular weight excluding hydrogens is 410 g/mol. The molecule has 9 heteroatoms. The maximum atomic E-state index is 6.32. The fraction of sp³-hybridized carbons (Fsp3) is 0.700. The Morgan fingerprint density at radius 1 is 0.862 bits per heavy atom. The van der Waals surface area contributed by atoms with Gasteiger partial charge in [-0.3, -0.25) is 9.80 Å². The van der Waals surface area contributed by atoms with Crippen LogP contribution < -0.4 is 4.90 Å². The van der Waals surface area contributed by atoms with E-state index in [-0.39, 0.29) is 6.17 Å². The van der Waals surface area contributed by atoms with Gasteiger partial charge in [0.2, 0.25) is 5.28 Å². The molecule has 0 saturated carbocycles. The lowest BCUT2D eigenvalue weighted by Crippen LogP contribution is -2.47. The van der Waals surface area contributed by atoms with Gasteiger partial charge in [0.1, 0.15) is 0 Å². The summed E-state index contributed by atoms with van der Waals surface area (Å²) in [5, 5.41) is 0.323. The topological polar surface area (TPSA) is 54.0 Å². The molecule has 5 heterocycles. The first-order chi connectivity index (χ1) is 14.3. The summed E-state index contributed by atoms with van der Waals surface area (Å²) in [5.41, 5.74) is 0.960. The van der Waals surface area contributed by atoms with Gasteiger partial charge < -0.3 is 14.4 Å². The van der Waals surface area contributed by atoms with E-state index in [4.69, 9.17) is 21.1 Å². The van der Waals surface area contributed by atoms with E-state index in [0.717, 1.165) is 81.7 Å². The van der Waals surface area contributed by atoms with Gasteiger partial charge in [-0.25, -0.2) is 4.98 Å². The molecule has 158 valence electrons. The molecule has 1 atom stereocenters. The van der Waals surface area contributed by atoms with E-state index in [1.165, 1.54) is 24.1 Å². The lowest BCUT2D eigenvalue weighted by Gasteiger charge is -2.42. The summed E-state index contributed by atoms with van der Waals surface area (Å²) in [4.78, 5) is 18.0. The van der Waals surface area contributed by atoms with Gasteiger partial charge in [0.25, 0.3) is 0 Å². The summed E-state index contributed by atoms with van der Waals surface area (Å²) in [6.07, 6.45) is 4.17. The molecule has 0 aromatic carbocycles. The minimum atomic E-state index is 0.287. The van der Waals surface area contributed by atoms with Crippen LogP contribution in [0.1, 0.15) is 30.3 Å². The third-order valence-corrected chi connectivity index (χ3v) is 7.37. The normalized spacial score (nSPS) is 23.6. The number of hydrogen-bond donors (Lipinski definition) is 0. The Bertz CT molecular complexity index is 814. The zero-order valence-electron chi connectivity index (χ0n) is 16.7. The van der Waals surface area contributed by atoms with Crippen molar-refractivity contribution in [1.82, 2.24) is 19.8 Å². The summed E-state index contributed by atoms with van der Waals surface area (Å²) in [7, 11) is 0. The molecule has 0 aliphatic carbocycles. The summed E-state index contributed by atoms with van der Waals surface area (Å²) in [6, 6.07) is 2.24. The Morgan fingerprint density at radius 3 is 2.24 bits per heavy atom. The molecule has 0 spiro atoms. The molecule has 5 rings (SSSR count). The molecule has 3 aliphatic rings. The molecule has 3 aliphatic heterocycles. The predicted octanol–water partition coefficient (Wildman–Crippen LogP) is 3.00. The number of ether oxygens (including phenoxy) is 2. The average molecular weight is 438 g/mol. The number of piperidine rings is 1. The Balaban J connectivity index is 1.53. The van der Waals surface area contributed by atoms with Gasteiger partial charge in [0.15, 0.2) is 5.82 Å². The Labute approximate surface area is 180 Å². The number of halogens is 1. The molecule has 29 heavy (non-hydrogen) atoms. The van der Waals surface area contributed by atoms with Crippen LogP contribution in [0.15, 0.2) is 6.07 Å². The molecule has 7 nitrogen and oxygen atoms in total.